The van der Waals surface area contributed by atoms with Crippen molar-refractivity contribution in [2.24, 2.45) is 4.99 Å². The van der Waals surface area contributed by atoms with Gasteiger partial charge in [0.25, 0.3) is 5.56 Å². The second-order valence-corrected chi connectivity index (χ2v) is 6.32. The normalized spacial score (nSPS) is 11.4. The molecule has 0 saturated carbocycles. The standard InChI is InChI=1S/C19H12FN3O2S/c20-15-7-3-4-8-16(15)23-17(24)13-6-2-1-5-12(13)14(18(23)25)11-22-19-21-9-10-26-19/h1-11,25H. The molecule has 0 aliphatic rings. The summed E-state index contributed by atoms with van der Waals surface area (Å²) in [5.41, 5.74) is -0.210. The Morgan fingerprint density at radius 2 is 1.85 bits per heavy atom. The lowest BCUT2D eigenvalue weighted by molar-refractivity contribution is 0.433. The van der Waals surface area contributed by atoms with Gasteiger partial charge in [-0.05, 0) is 18.2 Å². The van der Waals surface area contributed by atoms with Crippen LogP contribution in [-0.4, -0.2) is 20.9 Å². The van der Waals surface area contributed by atoms with Crippen LogP contribution in [0.1, 0.15) is 5.56 Å². The van der Waals surface area contributed by atoms with Gasteiger partial charge in [0.05, 0.1) is 11.3 Å². The van der Waals surface area contributed by atoms with E-state index in [1.54, 1.807) is 41.9 Å². The molecule has 0 aliphatic heterocycles. The summed E-state index contributed by atoms with van der Waals surface area (Å²) in [7, 11) is 0. The number of hydrogen-bond acceptors (Lipinski definition) is 5. The monoisotopic (exact) mass is 365 g/mol. The third-order valence-electron chi connectivity index (χ3n) is 3.92. The van der Waals surface area contributed by atoms with Crippen molar-refractivity contribution in [1.82, 2.24) is 9.55 Å². The Morgan fingerprint density at radius 3 is 2.58 bits per heavy atom. The zero-order chi connectivity index (χ0) is 18.1. The molecule has 0 atom stereocenters. The fourth-order valence-electron chi connectivity index (χ4n) is 2.75. The Kier molecular flexibility index (Phi) is 4.06. The van der Waals surface area contributed by atoms with Gasteiger partial charge in [0.1, 0.15) is 5.82 Å². The van der Waals surface area contributed by atoms with E-state index in [2.05, 4.69) is 9.98 Å². The van der Waals surface area contributed by atoms with Gasteiger partial charge in [0.2, 0.25) is 11.0 Å². The maximum Gasteiger partial charge on any atom is 0.265 e. The molecule has 0 aliphatic carbocycles. The lowest BCUT2D eigenvalue weighted by atomic mass is 10.1. The number of rotatable bonds is 3. The number of nitrogens with zero attached hydrogens (tertiary/aromatic N) is 3. The number of benzene rings is 2. The van der Waals surface area contributed by atoms with Crippen LogP contribution in [0.3, 0.4) is 0 Å². The lowest BCUT2D eigenvalue weighted by Crippen LogP contribution is -2.21. The number of pyridine rings is 1. The van der Waals surface area contributed by atoms with E-state index in [0.717, 1.165) is 4.57 Å². The highest BCUT2D eigenvalue weighted by Crippen LogP contribution is 2.27. The van der Waals surface area contributed by atoms with Crippen LogP contribution in [-0.2, 0) is 0 Å². The van der Waals surface area contributed by atoms with E-state index < -0.39 is 11.4 Å². The molecule has 0 spiro atoms. The van der Waals surface area contributed by atoms with Gasteiger partial charge >= 0.3 is 0 Å². The molecule has 7 heteroatoms. The highest BCUT2D eigenvalue weighted by molar-refractivity contribution is 7.13. The fourth-order valence-corrected chi connectivity index (χ4v) is 3.22. The van der Waals surface area contributed by atoms with Crippen molar-refractivity contribution in [2.75, 3.05) is 0 Å². The number of fused-ring (bicyclic) bond motifs is 1. The highest BCUT2D eigenvalue weighted by Gasteiger charge is 2.18. The molecule has 0 radical (unpaired) electrons. The second-order valence-electron chi connectivity index (χ2n) is 5.45. The van der Waals surface area contributed by atoms with Gasteiger partial charge in [-0.3, -0.25) is 4.79 Å². The molecule has 128 valence electrons. The zero-order valence-electron chi connectivity index (χ0n) is 13.3. The van der Waals surface area contributed by atoms with Crippen LogP contribution in [0, 0.1) is 5.82 Å². The molecule has 1 N–H and O–H groups in total. The minimum Gasteiger partial charge on any atom is -0.494 e. The molecule has 2 heterocycles. The number of thiazole rings is 1. The van der Waals surface area contributed by atoms with Gasteiger partial charge in [-0.15, -0.1) is 11.3 Å². The van der Waals surface area contributed by atoms with Crippen LogP contribution >= 0.6 is 11.3 Å². The summed E-state index contributed by atoms with van der Waals surface area (Å²) in [6.07, 6.45) is 3.06. The molecule has 0 amide bonds. The SMILES string of the molecule is O=c1c2ccccc2c(C=Nc2nccs2)c(O)n1-c1ccccc1F. The molecule has 0 unspecified atom stereocenters. The summed E-state index contributed by atoms with van der Waals surface area (Å²) in [6, 6.07) is 12.6. The number of aromatic hydroxyl groups is 1. The molecular formula is C19H12FN3O2S. The highest BCUT2D eigenvalue weighted by atomic mass is 32.1. The Bertz CT molecular complexity index is 1180. The Balaban J connectivity index is 2.05. The lowest BCUT2D eigenvalue weighted by Gasteiger charge is -2.14. The molecule has 5 nitrogen and oxygen atoms in total. The zero-order valence-corrected chi connectivity index (χ0v) is 14.2. The van der Waals surface area contributed by atoms with E-state index >= 15 is 0 Å². The van der Waals surface area contributed by atoms with Gasteiger partial charge in [0.15, 0.2) is 0 Å². The number of aromatic nitrogens is 2. The van der Waals surface area contributed by atoms with E-state index in [-0.39, 0.29) is 11.6 Å². The topological polar surface area (TPSA) is 67.5 Å². The van der Waals surface area contributed by atoms with Crippen LogP contribution in [0.15, 0.2) is 69.9 Å². The molecular weight excluding hydrogens is 353 g/mol. The maximum atomic E-state index is 14.3. The predicted molar refractivity (Wildman–Crippen MR) is 101 cm³/mol. The summed E-state index contributed by atoms with van der Waals surface area (Å²) in [4.78, 5) is 21.2. The van der Waals surface area contributed by atoms with E-state index in [9.17, 15) is 14.3 Å². The van der Waals surface area contributed by atoms with Crippen molar-refractivity contribution in [3.05, 3.63) is 81.8 Å². The first-order valence-corrected chi connectivity index (χ1v) is 8.60. The first-order chi connectivity index (χ1) is 12.7. The number of aliphatic imine (C=N–C) groups is 1. The summed E-state index contributed by atoms with van der Waals surface area (Å²) in [5.74, 6) is -0.984. The smallest absolute Gasteiger partial charge is 0.265 e. The van der Waals surface area contributed by atoms with Crippen molar-refractivity contribution < 1.29 is 9.50 Å². The van der Waals surface area contributed by atoms with Gasteiger partial charge < -0.3 is 5.11 Å². The van der Waals surface area contributed by atoms with Gasteiger partial charge in [-0.25, -0.2) is 18.9 Å². The Morgan fingerprint density at radius 1 is 1.12 bits per heavy atom. The van der Waals surface area contributed by atoms with E-state index in [1.165, 1.54) is 35.8 Å². The minimum atomic E-state index is -0.608. The van der Waals surface area contributed by atoms with Crippen molar-refractivity contribution in [3.8, 4) is 11.6 Å². The summed E-state index contributed by atoms with van der Waals surface area (Å²) < 4.78 is 15.2. The number of hydrogen-bond donors (Lipinski definition) is 1. The first-order valence-electron chi connectivity index (χ1n) is 7.72. The van der Waals surface area contributed by atoms with E-state index in [4.69, 9.17) is 0 Å². The maximum absolute atomic E-state index is 14.3. The summed E-state index contributed by atoms with van der Waals surface area (Å²) >= 11 is 1.34. The molecule has 2 aromatic carbocycles. The average molecular weight is 365 g/mol. The molecule has 4 aromatic rings. The van der Waals surface area contributed by atoms with Crippen molar-refractivity contribution in [3.63, 3.8) is 0 Å². The van der Waals surface area contributed by atoms with Gasteiger partial charge in [0, 0.05) is 28.6 Å². The predicted octanol–water partition coefficient (Wildman–Crippen LogP) is 4.04. The van der Waals surface area contributed by atoms with Crippen molar-refractivity contribution >= 4 is 33.5 Å². The van der Waals surface area contributed by atoms with E-state index in [0.29, 0.717) is 21.5 Å². The number of halogens is 1. The van der Waals surface area contributed by atoms with Crippen LogP contribution in [0.2, 0.25) is 0 Å². The van der Waals surface area contributed by atoms with Gasteiger partial charge in [-0.1, -0.05) is 30.3 Å². The Labute approximate surface area is 151 Å². The van der Waals surface area contributed by atoms with Crippen LogP contribution in [0.4, 0.5) is 9.52 Å². The van der Waals surface area contributed by atoms with Crippen LogP contribution in [0.5, 0.6) is 5.88 Å². The molecule has 4 rings (SSSR count). The number of para-hydroxylation sites is 1. The quantitative estimate of drug-likeness (QED) is 0.557. The van der Waals surface area contributed by atoms with Crippen molar-refractivity contribution in [2.45, 2.75) is 0 Å². The van der Waals surface area contributed by atoms with Crippen LogP contribution in [0.25, 0.3) is 16.5 Å². The van der Waals surface area contributed by atoms with Gasteiger partial charge in [-0.2, -0.15) is 0 Å². The molecule has 0 bridgehead atoms. The van der Waals surface area contributed by atoms with E-state index in [1.807, 2.05) is 0 Å². The summed E-state index contributed by atoms with van der Waals surface area (Å²) in [5, 5.41) is 13.9. The summed E-state index contributed by atoms with van der Waals surface area (Å²) in [6.45, 7) is 0. The molecule has 0 saturated heterocycles. The molecule has 26 heavy (non-hydrogen) atoms. The van der Waals surface area contributed by atoms with Crippen LogP contribution < -0.4 is 5.56 Å². The third-order valence-corrected chi connectivity index (χ3v) is 4.60. The first kappa shape index (κ1) is 16.2. The Hall–Kier alpha value is -3.32. The largest absolute Gasteiger partial charge is 0.494 e. The van der Waals surface area contributed by atoms with Crippen molar-refractivity contribution in [1.29, 1.82) is 0 Å². The fraction of sp³-hybridized carbons (Fsp3) is 0. The molecule has 2 aromatic heterocycles. The second kappa shape index (κ2) is 6.53. The third kappa shape index (κ3) is 2.68. The molecule has 0 fully saturated rings. The average Bonchev–Trinajstić information content (AvgIpc) is 3.17. The minimum absolute atomic E-state index is 0.0235.